The third-order valence-corrected chi connectivity index (χ3v) is 2.14. The Hall–Kier alpha value is -1.32. The lowest BCUT2D eigenvalue weighted by Crippen LogP contribution is -2.27. The first-order valence-corrected chi connectivity index (χ1v) is 6.59. The van der Waals surface area contributed by atoms with E-state index in [4.69, 9.17) is 4.74 Å². The summed E-state index contributed by atoms with van der Waals surface area (Å²) < 4.78 is 5.49. The molecule has 0 aromatic carbocycles. The minimum absolute atomic E-state index is 0.0209. The molecule has 4 nitrogen and oxygen atoms in total. The van der Waals surface area contributed by atoms with Crippen molar-refractivity contribution in [2.24, 2.45) is 5.92 Å². The molecule has 0 bridgehead atoms. The standard InChI is InChI=1S/C14H25N3O/c1-7-18-13-9-12(17-14(4,5)6)15-11(16-13)8-10(2)3/h9-10H,7-8H2,1-6H3,(H,15,16,17). The van der Waals surface area contributed by atoms with Crippen LogP contribution in [0.4, 0.5) is 5.82 Å². The summed E-state index contributed by atoms with van der Waals surface area (Å²) in [5, 5.41) is 3.36. The molecule has 0 aliphatic rings. The second-order valence-electron chi connectivity index (χ2n) is 5.91. The van der Waals surface area contributed by atoms with Crippen molar-refractivity contribution >= 4 is 5.82 Å². The lowest BCUT2D eigenvalue weighted by molar-refractivity contribution is 0.324. The van der Waals surface area contributed by atoms with E-state index in [0.717, 1.165) is 18.1 Å². The monoisotopic (exact) mass is 251 g/mol. The Morgan fingerprint density at radius 3 is 2.44 bits per heavy atom. The third-order valence-electron chi connectivity index (χ3n) is 2.14. The van der Waals surface area contributed by atoms with Gasteiger partial charge < -0.3 is 10.1 Å². The molecule has 0 aliphatic carbocycles. The predicted octanol–water partition coefficient (Wildman–Crippen LogP) is 3.28. The van der Waals surface area contributed by atoms with Crippen LogP contribution >= 0.6 is 0 Å². The third kappa shape index (κ3) is 5.34. The fourth-order valence-corrected chi connectivity index (χ4v) is 1.60. The van der Waals surface area contributed by atoms with Gasteiger partial charge in [-0.15, -0.1) is 0 Å². The van der Waals surface area contributed by atoms with Crippen LogP contribution in [-0.4, -0.2) is 22.1 Å². The van der Waals surface area contributed by atoms with Crippen LogP contribution < -0.4 is 10.1 Å². The normalized spacial score (nSPS) is 11.7. The zero-order valence-electron chi connectivity index (χ0n) is 12.4. The highest BCUT2D eigenvalue weighted by Crippen LogP contribution is 2.18. The fraction of sp³-hybridized carbons (Fsp3) is 0.714. The van der Waals surface area contributed by atoms with Crippen LogP contribution in [0.15, 0.2) is 6.07 Å². The molecule has 102 valence electrons. The molecule has 1 heterocycles. The van der Waals surface area contributed by atoms with E-state index in [1.165, 1.54) is 0 Å². The minimum Gasteiger partial charge on any atom is -0.478 e. The Morgan fingerprint density at radius 1 is 1.28 bits per heavy atom. The highest BCUT2D eigenvalue weighted by atomic mass is 16.5. The maximum atomic E-state index is 5.49. The van der Waals surface area contributed by atoms with E-state index in [1.807, 2.05) is 13.0 Å². The molecule has 1 N–H and O–H groups in total. The summed E-state index contributed by atoms with van der Waals surface area (Å²) in [5.41, 5.74) is -0.0209. The van der Waals surface area contributed by atoms with Crippen molar-refractivity contribution in [1.29, 1.82) is 0 Å². The zero-order chi connectivity index (χ0) is 13.8. The number of hydrogen-bond donors (Lipinski definition) is 1. The Labute approximate surface area is 110 Å². The van der Waals surface area contributed by atoms with Gasteiger partial charge in [-0.25, -0.2) is 4.98 Å². The number of nitrogens with one attached hydrogen (secondary N) is 1. The number of rotatable bonds is 5. The molecular weight excluding hydrogens is 226 g/mol. The van der Waals surface area contributed by atoms with Crippen LogP contribution in [-0.2, 0) is 6.42 Å². The van der Waals surface area contributed by atoms with E-state index < -0.39 is 0 Å². The first-order chi connectivity index (χ1) is 8.30. The first-order valence-electron chi connectivity index (χ1n) is 6.59. The van der Waals surface area contributed by atoms with Crippen LogP contribution in [0.25, 0.3) is 0 Å². The van der Waals surface area contributed by atoms with Gasteiger partial charge in [-0.05, 0) is 33.6 Å². The Morgan fingerprint density at radius 2 is 1.94 bits per heavy atom. The first kappa shape index (κ1) is 14.7. The van der Waals surface area contributed by atoms with Crippen molar-refractivity contribution in [2.45, 2.75) is 53.5 Å². The van der Waals surface area contributed by atoms with Gasteiger partial charge in [0.1, 0.15) is 11.6 Å². The molecule has 1 rings (SSSR count). The summed E-state index contributed by atoms with van der Waals surface area (Å²) in [6.07, 6.45) is 0.861. The lowest BCUT2D eigenvalue weighted by atomic mass is 10.1. The predicted molar refractivity (Wildman–Crippen MR) is 75.1 cm³/mol. The second-order valence-corrected chi connectivity index (χ2v) is 5.91. The van der Waals surface area contributed by atoms with E-state index in [9.17, 15) is 0 Å². The minimum atomic E-state index is -0.0209. The number of nitrogens with zero attached hydrogens (tertiary/aromatic N) is 2. The number of anilines is 1. The van der Waals surface area contributed by atoms with Crippen molar-refractivity contribution in [2.75, 3.05) is 11.9 Å². The average Bonchev–Trinajstić information content (AvgIpc) is 2.12. The number of ether oxygens (including phenoxy) is 1. The molecule has 0 aliphatic heterocycles. The maximum absolute atomic E-state index is 5.49. The van der Waals surface area contributed by atoms with Gasteiger partial charge in [0.2, 0.25) is 5.88 Å². The Balaban J connectivity index is 2.97. The second kappa shape index (κ2) is 6.03. The summed E-state index contributed by atoms with van der Waals surface area (Å²) in [7, 11) is 0. The Kier molecular flexibility index (Phi) is 4.93. The van der Waals surface area contributed by atoms with Crippen LogP contribution in [0.3, 0.4) is 0 Å². The zero-order valence-corrected chi connectivity index (χ0v) is 12.4. The number of aromatic nitrogens is 2. The van der Waals surface area contributed by atoms with Gasteiger partial charge in [0, 0.05) is 18.0 Å². The van der Waals surface area contributed by atoms with Gasteiger partial charge in [-0.1, -0.05) is 13.8 Å². The summed E-state index contributed by atoms with van der Waals surface area (Å²) in [6.45, 7) is 13.2. The van der Waals surface area contributed by atoms with E-state index >= 15 is 0 Å². The SMILES string of the molecule is CCOc1cc(NC(C)(C)C)nc(CC(C)C)n1. The average molecular weight is 251 g/mol. The lowest BCUT2D eigenvalue weighted by Gasteiger charge is -2.22. The van der Waals surface area contributed by atoms with E-state index in [-0.39, 0.29) is 5.54 Å². The summed E-state index contributed by atoms with van der Waals surface area (Å²) >= 11 is 0. The van der Waals surface area contributed by atoms with Gasteiger partial charge in [0.15, 0.2) is 0 Å². The van der Waals surface area contributed by atoms with E-state index in [2.05, 4.69) is 49.9 Å². The van der Waals surface area contributed by atoms with Crippen molar-refractivity contribution in [3.63, 3.8) is 0 Å². The van der Waals surface area contributed by atoms with Crippen LogP contribution in [0.2, 0.25) is 0 Å². The van der Waals surface area contributed by atoms with Gasteiger partial charge in [-0.3, -0.25) is 0 Å². The summed E-state index contributed by atoms with van der Waals surface area (Å²) in [5.74, 6) is 2.85. The fourth-order valence-electron chi connectivity index (χ4n) is 1.60. The molecule has 0 amide bonds. The molecule has 0 saturated carbocycles. The maximum Gasteiger partial charge on any atom is 0.218 e. The Bertz CT molecular complexity index is 383. The smallest absolute Gasteiger partial charge is 0.218 e. The van der Waals surface area contributed by atoms with Crippen molar-refractivity contribution in [1.82, 2.24) is 9.97 Å². The molecule has 4 heteroatoms. The molecule has 0 saturated heterocycles. The van der Waals surface area contributed by atoms with Crippen LogP contribution in [0.5, 0.6) is 5.88 Å². The van der Waals surface area contributed by atoms with Crippen molar-refractivity contribution < 1.29 is 4.74 Å². The van der Waals surface area contributed by atoms with Crippen LogP contribution in [0, 0.1) is 5.92 Å². The van der Waals surface area contributed by atoms with Crippen molar-refractivity contribution in [3.8, 4) is 5.88 Å². The topological polar surface area (TPSA) is 47.0 Å². The molecule has 0 atom stereocenters. The highest BCUT2D eigenvalue weighted by molar-refractivity contribution is 5.40. The van der Waals surface area contributed by atoms with Crippen molar-refractivity contribution in [3.05, 3.63) is 11.9 Å². The molecule has 0 spiro atoms. The van der Waals surface area contributed by atoms with Gasteiger partial charge in [0.05, 0.1) is 6.61 Å². The molecular formula is C14H25N3O. The van der Waals surface area contributed by atoms with Gasteiger partial charge in [0.25, 0.3) is 0 Å². The quantitative estimate of drug-likeness (QED) is 0.872. The summed E-state index contributed by atoms with van der Waals surface area (Å²) in [6, 6.07) is 1.86. The van der Waals surface area contributed by atoms with E-state index in [0.29, 0.717) is 18.4 Å². The molecule has 1 aromatic rings. The summed E-state index contributed by atoms with van der Waals surface area (Å²) in [4.78, 5) is 8.96. The molecule has 0 radical (unpaired) electrons. The molecule has 0 fully saturated rings. The van der Waals surface area contributed by atoms with Crippen LogP contribution in [0.1, 0.15) is 47.4 Å². The highest BCUT2D eigenvalue weighted by Gasteiger charge is 2.13. The molecule has 1 aromatic heterocycles. The molecule has 0 unspecified atom stereocenters. The van der Waals surface area contributed by atoms with Gasteiger partial charge >= 0.3 is 0 Å². The van der Waals surface area contributed by atoms with Gasteiger partial charge in [-0.2, -0.15) is 4.98 Å². The van der Waals surface area contributed by atoms with E-state index in [1.54, 1.807) is 0 Å². The largest absolute Gasteiger partial charge is 0.478 e. The molecule has 18 heavy (non-hydrogen) atoms. The number of hydrogen-bond acceptors (Lipinski definition) is 4.